The predicted molar refractivity (Wildman–Crippen MR) is 71.8 cm³/mol. The zero-order valence-corrected chi connectivity index (χ0v) is 11.4. The van der Waals surface area contributed by atoms with Gasteiger partial charge in [0.15, 0.2) is 0 Å². The largest absolute Gasteiger partial charge is 0.481 e. The fourth-order valence-corrected chi connectivity index (χ4v) is 3.18. The third-order valence-corrected chi connectivity index (χ3v) is 4.27. The molecule has 2 heterocycles. The maximum atomic E-state index is 11.3. The number of piperidine rings is 2. The SMILES string of the molecule is O=C(O)CCCCCN1CCC2NC(=O)CCC2C1. The van der Waals surface area contributed by atoms with E-state index < -0.39 is 5.97 Å². The molecule has 2 fully saturated rings. The molecule has 0 aromatic heterocycles. The fraction of sp³-hybridized carbons (Fsp3) is 0.857. The molecule has 2 aliphatic rings. The first kappa shape index (κ1) is 14.3. The maximum absolute atomic E-state index is 11.3. The number of amides is 1. The number of hydrogen-bond acceptors (Lipinski definition) is 3. The third-order valence-electron chi connectivity index (χ3n) is 4.27. The van der Waals surface area contributed by atoms with E-state index in [4.69, 9.17) is 5.11 Å². The third kappa shape index (κ3) is 4.49. The molecule has 5 nitrogen and oxygen atoms in total. The van der Waals surface area contributed by atoms with Crippen molar-refractivity contribution in [3.8, 4) is 0 Å². The van der Waals surface area contributed by atoms with Gasteiger partial charge in [-0.25, -0.2) is 0 Å². The lowest BCUT2D eigenvalue weighted by Gasteiger charge is -2.41. The lowest BCUT2D eigenvalue weighted by molar-refractivity contribution is -0.137. The molecule has 0 radical (unpaired) electrons. The van der Waals surface area contributed by atoms with Crippen molar-refractivity contribution in [1.29, 1.82) is 0 Å². The molecule has 2 N–H and O–H groups in total. The second-order valence-electron chi connectivity index (χ2n) is 5.77. The number of carboxylic acid groups (broad SMARTS) is 1. The first-order valence-corrected chi connectivity index (χ1v) is 7.38. The average molecular weight is 268 g/mol. The van der Waals surface area contributed by atoms with E-state index >= 15 is 0 Å². The molecule has 0 aromatic carbocycles. The van der Waals surface area contributed by atoms with Crippen LogP contribution in [0, 0.1) is 5.92 Å². The smallest absolute Gasteiger partial charge is 0.303 e. The van der Waals surface area contributed by atoms with Crippen molar-refractivity contribution in [2.45, 2.75) is 51.0 Å². The first-order valence-electron chi connectivity index (χ1n) is 7.38. The van der Waals surface area contributed by atoms with Crippen LogP contribution in [0.1, 0.15) is 44.9 Å². The molecular formula is C14H24N2O3. The van der Waals surface area contributed by atoms with E-state index in [1.54, 1.807) is 0 Å². The first-order chi connectivity index (χ1) is 9.15. The topological polar surface area (TPSA) is 69.6 Å². The summed E-state index contributed by atoms with van der Waals surface area (Å²) in [6.07, 6.45) is 5.90. The van der Waals surface area contributed by atoms with Gasteiger partial charge in [0.25, 0.3) is 0 Å². The van der Waals surface area contributed by atoms with E-state index in [2.05, 4.69) is 10.2 Å². The minimum absolute atomic E-state index is 0.211. The van der Waals surface area contributed by atoms with Crippen molar-refractivity contribution in [2.75, 3.05) is 19.6 Å². The molecule has 19 heavy (non-hydrogen) atoms. The van der Waals surface area contributed by atoms with Crippen molar-refractivity contribution in [3.05, 3.63) is 0 Å². The van der Waals surface area contributed by atoms with Gasteiger partial charge in [0, 0.05) is 32.0 Å². The summed E-state index contributed by atoms with van der Waals surface area (Å²) in [5, 5.41) is 11.7. The van der Waals surface area contributed by atoms with Crippen LogP contribution in [-0.2, 0) is 9.59 Å². The van der Waals surface area contributed by atoms with E-state index in [1.165, 1.54) is 0 Å². The zero-order valence-electron chi connectivity index (χ0n) is 11.4. The van der Waals surface area contributed by atoms with E-state index in [1.807, 2.05) is 0 Å². The van der Waals surface area contributed by atoms with Gasteiger partial charge in [0.2, 0.25) is 5.91 Å². The normalized spacial score (nSPS) is 27.7. The van der Waals surface area contributed by atoms with Crippen molar-refractivity contribution < 1.29 is 14.7 Å². The number of rotatable bonds is 6. The van der Waals surface area contributed by atoms with Crippen molar-refractivity contribution in [1.82, 2.24) is 10.2 Å². The Kier molecular flexibility index (Phi) is 5.19. The molecule has 5 heteroatoms. The number of likely N-dealkylation sites (tertiary alicyclic amines) is 1. The number of aliphatic carboxylic acids is 1. The highest BCUT2D eigenvalue weighted by Gasteiger charge is 2.33. The second kappa shape index (κ2) is 6.89. The van der Waals surface area contributed by atoms with Crippen molar-refractivity contribution >= 4 is 11.9 Å². The van der Waals surface area contributed by atoms with Crippen LogP contribution in [0.3, 0.4) is 0 Å². The molecule has 0 spiro atoms. The zero-order chi connectivity index (χ0) is 13.7. The maximum Gasteiger partial charge on any atom is 0.303 e. The Morgan fingerprint density at radius 1 is 1.32 bits per heavy atom. The van der Waals surface area contributed by atoms with Gasteiger partial charge >= 0.3 is 5.97 Å². The van der Waals surface area contributed by atoms with Crippen LogP contribution in [0.25, 0.3) is 0 Å². The lowest BCUT2D eigenvalue weighted by Crippen LogP contribution is -2.54. The summed E-state index contributed by atoms with van der Waals surface area (Å²) in [6, 6.07) is 0.393. The second-order valence-corrected chi connectivity index (χ2v) is 5.77. The number of fused-ring (bicyclic) bond motifs is 1. The van der Waals surface area contributed by atoms with Gasteiger partial charge in [0.05, 0.1) is 0 Å². The van der Waals surface area contributed by atoms with E-state index in [0.29, 0.717) is 18.4 Å². The number of nitrogens with zero attached hydrogens (tertiary/aromatic N) is 1. The molecule has 0 saturated carbocycles. The minimum Gasteiger partial charge on any atom is -0.481 e. The number of carboxylic acids is 1. The van der Waals surface area contributed by atoms with Crippen LogP contribution in [0.2, 0.25) is 0 Å². The molecule has 2 saturated heterocycles. The number of carbonyl (C=O) groups excluding carboxylic acids is 1. The Hall–Kier alpha value is -1.10. The highest BCUT2D eigenvalue weighted by Crippen LogP contribution is 2.25. The van der Waals surface area contributed by atoms with Crippen LogP contribution < -0.4 is 5.32 Å². The van der Waals surface area contributed by atoms with Crippen LogP contribution >= 0.6 is 0 Å². The summed E-state index contributed by atoms with van der Waals surface area (Å²) in [7, 11) is 0. The summed E-state index contributed by atoms with van der Waals surface area (Å²) >= 11 is 0. The average Bonchev–Trinajstić information content (AvgIpc) is 2.38. The van der Waals surface area contributed by atoms with Crippen LogP contribution in [0.4, 0.5) is 0 Å². The van der Waals surface area contributed by atoms with E-state index in [0.717, 1.165) is 51.7 Å². The van der Waals surface area contributed by atoms with Crippen molar-refractivity contribution in [2.24, 2.45) is 5.92 Å². The Morgan fingerprint density at radius 3 is 2.95 bits per heavy atom. The van der Waals surface area contributed by atoms with Gasteiger partial charge < -0.3 is 15.3 Å². The van der Waals surface area contributed by atoms with Crippen LogP contribution in [0.5, 0.6) is 0 Å². The summed E-state index contributed by atoms with van der Waals surface area (Å²) in [4.78, 5) is 24.2. The highest BCUT2D eigenvalue weighted by molar-refractivity contribution is 5.77. The lowest BCUT2D eigenvalue weighted by atomic mass is 9.85. The number of carbonyl (C=O) groups is 2. The summed E-state index contributed by atoms with van der Waals surface area (Å²) in [5.74, 6) is 0.132. The molecule has 1 amide bonds. The van der Waals surface area contributed by atoms with Gasteiger partial charge in [-0.2, -0.15) is 0 Å². The van der Waals surface area contributed by atoms with Gasteiger partial charge in [0.1, 0.15) is 0 Å². The standard InChI is InChI=1S/C14H24N2O3/c17-13-6-5-11-10-16(9-7-12(11)15-13)8-3-1-2-4-14(18)19/h11-12H,1-10H2,(H,15,17)(H,18,19). The highest BCUT2D eigenvalue weighted by atomic mass is 16.4. The number of nitrogens with one attached hydrogen (secondary N) is 1. The molecule has 2 aliphatic heterocycles. The Balaban J connectivity index is 1.62. The summed E-state index contributed by atoms with van der Waals surface area (Å²) in [5.41, 5.74) is 0. The van der Waals surface area contributed by atoms with Gasteiger partial charge in [-0.15, -0.1) is 0 Å². The fourth-order valence-electron chi connectivity index (χ4n) is 3.18. The minimum atomic E-state index is -0.696. The molecule has 0 aliphatic carbocycles. The Morgan fingerprint density at radius 2 is 2.16 bits per heavy atom. The number of unbranched alkanes of at least 4 members (excludes halogenated alkanes) is 2. The van der Waals surface area contributed by atoms with Gasteiger partial charge in [-0.1, -0.05) is 6.42 Å². The van der Waals surface area contributed by atoms with Gasteiger partial charge in [-0.05, 0) is 38.1 Å². The monoisotopic (exact) mass is 268 g/mol. The predicted octanol–water partition coefficient (Wildman–Crippen LogP) is 1.23. The molecular weight excluding hydrogens is 244 g/mol. The summed E-state index contributed by atoms with van der Waals surface area (Å²) < 4.78 is 0. The molecule has 0 aromatic rings. The molecule has 2 atom stereocenters. The van der Waals surface area contributed by atoms with Crippen LogP contribution in [-0.4, -0.2) is 47.6 Å². The molecule has 108 valence electrons. The van der Waals surface area contributed by atoms with E-state index in [9.17, 15) is 9.59 Å². The number of hydrogen-bond donors (Lipinski definition) is 2. The molecule has 2 rings (SSSR count). The van der Waals surface area contributed by atoms with Crippen molar-refractivity contribution in [3.63, 3.8) is 0 Å². The van der Waals surface area contributed by atoms with E-state index in [-0.39, 0.29) is 12.3 Å². The summed E-state index contributed by atoms with van der Waals surface area (Å²) in [6.45, 7) is 3.21. The quantitative estimate of drug-likeness (QED) is 0.711. The Labute approximate surface area is 114 Å². The van der Waals surface area contributed by atoms with Gasteiger partial charge in [-0.3, -0.25) is 9.59 Å². The molecule has 2 unspecified atom stereocenters. The Bertz CT molecular complexity index is 333. The molecule has 0 bridgehead atoms. The van der Waals surface area contributed by atoms with Crippen LogP contribution in [0.15, 0.2) is 0 Å².